The first-order chi connectivity index (χ1) is 16.7. The standard InChI is InChI=1S/C22H28F3N3O4S3/c23-22(24,25)35-17-9-5-4-6-15(17)13-32-11-10-28(16-7-2-1-3-8-16)21(31)27-20-26-12-19(34-20)33-14-18(29)30/h4-6,9,16,19H,1-3,7-8,10-14H2,(H,29,30)(H,26,27,31). The molecule has 0 spiro atoms. The smallest absolute Gasteiger partial charge is 0.446 e. The Morgan fingerprint density at radius 2 is 1.97 bits per heavy atom. The molecule has 2 N–H and O–H groups in total. The third kappa shape index (κ3) is 9.77. The van der Waals surface area contributed by atoms with Crippen LogP contribution in [0.25, 0.3) is 0 Å². The van der Waals surface area contributed by atoms with E-state index in [1.54, 1.807) is 23.1 Å². The van der Waals surface area contributed by atoms with E-state index in [0.717, 1.165) is 32.1 Å². The minimum Gasteiger partial charge on any atom is -0.481 e. The van der Waals surface area contributed by atoms with Crippen LogP contribution in [0.2, 0.25) is 0 Å². The average Bonchev–Trinajstić information content (AvgIpc) is 3.25. The number of thioether (sulfide) groups is 3. The number of urea groups is 1. The van der Waals surface area contributed by atoms with Gasteiger partial charge in [0, 0.05) is 17.5 Å². The number of rotatable bonds is 10. The molecule has 1 saturated carbocycles. The Morgan fingerprint density at radius 1 is 1.23 bits per heavy atom. The molecular weight excluding hydrogens is 523 g/mol. The van der Waals surface area contributed by atoms with Crippen molar-refractivity contribution in [2.75, 3.05) is 25.4 Å². The second kappa shape index (κ2) is 13.7. The summed E-state index contributed by atoms with van der Waals surface area (Å²) < 4.78 is 44.1. The van der Waals surface area contributed by atoms with Crippen LogP contribution in [0, 0.1) is 0 Å². The lowest BCUT2D eigenvalue weighted by Gasteiger charge is -2.34. The van der Waals surface area contributed by atoms with Crippen molar-refractivity contribution in [3.05, 3.63) is 29.8 Å². The lowest BCUT2D eigenvalue weighted by Crippen LogP contribution is -2.49. The number of amidine groups is 1. The first-order valence-electron chi connectivity index (χ1n) is 11.2. The number of alkyl halides is 3. The van der Waals surface area contributed by atoms with Gasteiger partial charge < -0.3 is 14.7 Å². The van der Waals surface area contributed by atoms with Gasteiger partial charge in [0.05, 0.1) is 30.1 Å². The highest BCUT2D eigenvalue weighted by Gasteiger charge is 2.31. The molecule has 0 saturated heterocycles. The molecule has 0 bridgehead atoms. The fraction of sp³-hybridized carbons (Fsp3) is 0.591. The van der Waals surface area contributed by atoms with E-state index in [1.165, 1.54) is 29.6 Å². The molecule has 1 aliphatic carbocycles. The van der Waals surface area contributed by atoms with Crippen LogP contribution in [0.5, 0.6) is 0 Å². The van der Waals surface area contributed by atoms with Crippen LogP contribution in [0.15, 0.2) is 34.2 Å². The number of ether oxygens (including phenoxy) is 1. The zero-order valence-electron chi connectivity index (χ0n) is 19.0. The Bertz CT molecular complexity index is 898. The fourth-order valence-electron chi connectivity index (χ4n) is 3.87. The number of hydrogen-bond acceptors (Lipinski definition) is 7. The van der Waals surface area contributed by atoms with Crippen molar-refractivity contribution in [3.63, 3.8) is 0 Å². The Morgan fingerprint density at radius 3 is 2.69 bits per heavy atom. The van der Waals surface area contributed by atoms with Gasteiger partial charge in [-0.25, -0.2) is 4.79 Å². The maximum Gasteiger partial charge on any atom is 0.446 e. The van der Waals surface area contributed by atoms with Gasteiger partial charge in [0.1, 0.15) is 0 Å². The number of carboxylic acid groups (broad SMARTS) is 1. The summed E-state index contributed by atoms with van der Waals surface area (Å²) in [5.41, 5.74) is -3.93. The molecule has 1 heterocycles. The van der Waals surface area contributed by atoms with Crippen LogP contribution < -0.4 is 5.32 Å². The van der Waals surface area contributed by atoms with Crippen molar-refractivity contribution in [3.8, 4) is 0 Å². The number of halogens is 3. The summed E-state index contributed by atoms with van der Waals surface area (Å²) in [6.45, 7) is 0.941. The van der Waals surface area contributed by atoms with Crippen LogP contribution in [0.1, 0.15) is 37.7 Å². The van der Waals surface area contributed by atoms with Gasteiger partial charge in [-0.3, -0.25) is 15.1 Å². The first-order valence-corrected chi connectivity index (χ1v) is 14.0. The second-order valence-electron chi connectivity index (χ2n) is 8.02. The molecule has 3 rings (SSSR count). The zero-order chi connectivity index (χ0) is 25.3. The number of carboxylic acids is 1. The molecular formula is C22H28F3N3O4S3. The average molecular weight is 552 g/mol. The predicted molar refractivity (Wildman–Crippen MR) is 134 cm³/mol. The number of carbonyl (C=O) groups is 2. The summed E-state index contributed by atoms with van der Waals surface area (Å²) in [5, 5.41) is 12.1. The van der Waals surface area contributed by atoms with Crippen LogP contribution in [0.4, 0.5) is 18.0 Å². The van der Waals surface area contributed by atoms with E-state index in [4.69, 9.17) is 9.84 Å². The molecule has 13 heteroatoms. The lowest BCUT2D eigenvalue weighted by atomic mass is 9.94. The van der Waals surface area contributed by atoms with Gasteiger partial charge in [0.2, 0.25) is 0 Å². The number of benzene rings is 1. The van der Waals surface area contributed by atoms with Crippen molar-refractivity contribution in [1.29, 1.82) is 0 Å². The number of aliphatic carboxylic acids is 1. The largest absolute Gasteiger partial charge is 0.481 e. The van der Waals surface area contributed by atoms with Gasteiger partial charge in [-0.15, -0.1) is 11.8 Å². The third-order valence-corrected chi connectivity index (χ3v) is 8.79. The van der Waals surface area contributed by atoms with Crippen molar-refractivity contribution in [2.24, 2.45) is 4.99 Å². The molecule has 1 fully saturated rings. The molecule has 1 aromatic carbocycles. The third-order valence-electron chi connectivity index (χ3n) is 5.44. The molecule has 7 nitrogen and oxygen atoms in total. The highest BCUT2D eigenvalue weighted by atomic mass is 32.2. The number of aliphatic imine (C=N–C) groups is 1. The molecule has 1 atom stereocenters. The predicted octanol–water partition coefficient (Wildman–Crippen LogP) is 5.41. The summed E-state index contributed by atoms with van der Waals surface area (Å²) in [5.74, 6) is -0.916. The molecule has 35 heavy (non-hydrogen) atoms. The topological polar surface area (TPSA) is 91.2 Å². The van der Waals surface area contributed by atoms with Crippen molar-refractivity contribution in [2.45, 2.75) is 59.7 Å². The van der Waals surface area contributed by atoms with Gasteiger partial charge in [0.15, 0.2) is 5.17 Å². The van der Waals surface area contributed by atoms with E-state index in [2.05, 4.69) is 10.3 Å². The van der Waals surface area contributed by atoms with Crippen molar-refractivity contribution in [1.82, 2.24) is 10.2 Å². The van der Waals surface area contributed by atoms with Gasteiger partial charge in [-0.05, 0) is 36.2 Å². The normalized spacial score (nSPS) is 18.8. The zero-order valence-corrected chi connectivity index (χ0v) is 21.4. The molecule has 2 amide bonds. The van der Waals surface area contributed by atoms with E-state index in [1.807, 2.05) is 0 Å². The molecule has 194 valence electrons. The van der Waals surface area contributed by atoms with E-state index in [-0.39, 0.29) is 52.3 Å². The summed E-state index contributed by atoms with van der Waals surface area (Å²) in [6, 6.07) is 6.02. The van der Waals surface area contributed by atoms with Crippen LogP contribution in [0.3, 0.4) is 0 Å². The van der Waals surface area contributed by atoms with Crippen LogP contribution >= 0.6 is 35.3 Å². The van der Waals surface area contributed by atoms with Gasteiger partial charge in [0.25, 0.3) is 0 Å². The second-order valence-corrected chi connectivity index (χ2v) is 11.8. The maximum absolute atomic E-state index is 13.1. The van der Waals surface area contributed by atoms with E-state index < -0.39 is 11.5 Å². The number of nitrogens with zero attached hydrogens (tertiary/aromatic N) is 2. The van der Waals surface area contributed by atoms with Crippen LogP contribution in [-0.2, 0) is 16.1 Å². The molecule has 1 aromatic rings. The van der Waals surface area contributed by atoms with Gasteiger partial charge >= 0.3 is 17.5 Å². The minimum atomic E-state index is -4.38. The minimum absolute atomic E-state index is 0.0183. The van der Waals surface area contributed by atoms with Gasteiger partial charge in [-0.1, -0.05) is 49.2 Å². The van der Waals surface area contributed by atoms with Crippen molar-refractivity contribution < 1.29 is 32.6 Å². The molecule has 0 radical (unpaired) electrons. The Balaban J connectivity index is 1.53. The van der Waals surface area contributed by atoms with E-state index in [9.17, 15) is 22.8 Å². The number of amides is 2. The number of carbonyl (C=O) groups excluding carboxylic acids is 1. The number of hydrogen-bond donors (Lipinski definition) is 2. The summed E-state index contributed by atoms with van der Waals surface area (Å²) in [7, 11) is 0. The highest BCUT2D eigenvalue weighted by Crippen LogP contribution is 2.38. The molecule has 0 aromatic heterocycles. The Labute approximate surface area is 215 Å². The quantitative estimate of drug-likeness (QED) is 0.297. The van der Waals surface area contributed by atoms with Crippen molar-refractivity contribution >= 4 is 52.5 Å². The van der Waals surface area contributed by atoms with E-state index >= 15 is 0 Å². The maximum atomic E-state index is 13.1. The Kier molecular flexibility index (Phi) is 10.9. The monoisotopic (exact) mass is 551 g/mol. The number of nitrogens with one attached hydrogen (secondary N) is 1. The summed E-state index contributed by atoms with van der Waals surface area (Å²) in [6.07, 6.45) is 4.95. The fourth-order valence-corrected chi connectivity index (χ4v) is 6.48. The van der Waals surface area contributed by atoms with E-state index in [0.29, 0.717) is 23.8 Å². The van der Waals surface area contributed by atoms with Gasteiger partial charge in [-0.2, -0.15) is 13.2 Å². The highest BCUT2D eigenvalue weighted by molar-refractivity contribution is 8.25. The molecule has 1 unspecified atom stereocenters. The first kappa shape index (κ1) is 28.0. The molecule has 2 aliphatic rings. The Hall–Kier alpha value is -1.57. The van der Waals surface area contributed by atoms with Crippen LogP contribution in [-0.4, -0.2) is 68.8 Å². The SMILES string of the molecule is O=C(O)CSC1CN=C(NC(=O)N(CCOCc2ccccc2SC(F)(F)F)C2CCCCC2)S1. The summed E-state index contributed by atoms with van der Waals surface area (Å²) in [4.78, 5) is 30.0. The summed E-state index contributed by atoms with van der Waals surface area (Å²) >= 11 is 2.45. The lowest BCUT2D eigenvalue weighted by molar-refractivity contribution is -0.133. The molecule has 1 aliphatic heterocycles.